The number of aryl methyl sites for hydroxylation is 1. The van der Waals surface area contributed by atoms with Crippen LogP contribution in [0.5, 0.6) is 11.6 Å². The number of pyridine rings is 1. The summed E-state index contributed by atoms with van der Waals surface area (Å²) in [5, 5.41) is 1.60. The number of hydrogen-bond acceptors (Lipinski definition) is 6. The van der Waals surface area contributed by atoms with Crippen molar-refractivity contribution < 1.29 is 4.74 Å². The number of anilines is 1. The maximum atomic E-state index is 5.86. The van der Waals surface area contributed by atoms with E-state index in [2.05, 4.69) is 15.0 Å². The lowest BCUT2D eigenvalue weighted by Gasteiger charge is -2.09. The second kappa shape index (κ2) is 5.57. The van der Waals surface area contributed by atoms with Crippen molar-refractivity contribution in [3.8, 4) is 11.6 Å². The minimum atomic E-state index is 0.383. The van der Waals surface area contributed by atoms with Gasteiger partial charge in [0.15, 0.2) is 10.9 Å². The summed E-state index contributed by atoms with van der Waals surface area (Å²) in [7, 11) is 0. The number of nitrogens with two attached hydrogens (primary N) is 1. The lowest BCUT2D eigenvalue weighted by molar-refractivity contribution is 0.460. The van der Waals surface area contributed by atoms with E-state index >= 15 is 0 Å². The van der Waals surface area contributed by atoms with E-state index in [1.807, 2.05) is 43.5 Å². The Morgan fingerprint density at radius 1 is 1.10 bits per heavy atom. The highest BCUT2D eigenvalue weighted by molar-refractivity contribution is 7.98. The second-order valence-electron chi connectivity index (χ2n) is 4.50. The summed E-state index contributed by atoms with van der Waals surface area (Å²) < 4.78 is 5.86. The van der Waals surface area contributed by atoms with Crippen molar-refractivity contribution in [1.29, 1.82) is 0 Å². The van der Waals surface area contributed by atoms with Crippen molar-refractivity contribution in [3.05, 3.63) is 42.1 Å². The van der Waals surface area contributed by atoms with Gasteiger partial charge >= 0.3 is 0 Å². The molecule has 0 aliphatic heterocycles. The van der Waals surface area contributed by atoms with Gasteiger partial charge in [0.05, 0.1) is 0 Å². The molecular weight excluding hydrogens is 284 g/mol. The van der Waals surface area contributed by atoms with Gasteiger partial charge in [-0.3, -0.25) is 0 Å². The summed E-state index contributed by atoms with van der Waals surface area (Å²) in [4.78, 5) is 12.9. The van der Waals surface area contributed by atoms with Gasteiger partial charge in [-0.25, -0.2) is 9.97 Å². The van der Waals surface area contributed by atoms with Crippen LogP contribution in [0, 0.1) is 6.92 Å². The fourth-order valence-corrected chi connectivity index (χ4v) is 2.35. The Morgan fingerprint density at radius 2 is 1.95 bits per heavy atom. The number of nitrogens with zero attached hydrogens (tertiary/aromatic N) is 3. The Balaban J connectivity index is 2.05. The zero-order valence-corrected chi connectivity index (χ0v) is 12.5. The van der Waals surface area contributed by atoms with Crippen molar-refractivity contribution in [2.75, 3.05) is 12.0 Å². The SMILES string of the molecule is CSc1nc(N)cc(Oc2cccc3ccc(C)nc23)n1. The molecule has 5 nitrogen and oxygen atoms in total. The van der Waals surface area contributed by atoms with Gasteiger partial charge < -0.3 is 10.5 Å². The summed E-state index contributed by atoms with van der Waals surface area (Å²) in [5.41, 5.74) is 7.51. The Labute approximate surface area is 126 Å². The average Bonchev–Trinajstić information content (AvgIpc) is 2.47. The quantitative estimate of drug-likeness (QED) is 0.590. The Hall–Kier alpha value is -2.34. The molecule has 2 aromatic heterocycles. The van der Waals surface area contributed by atoms with E-state index in [1.165, 1.54) is 11.8 Å². The molecule has 0 spiro atoms. The molecule has 21 heavy (non-hydrogen) atoms. The van der Waals surface area contributed by atoms with Crippen molar-refractivity contribution in [2.24, 2.45) is 0 Å². The third kappa shape index (κ3) is 2.90. The topological polar surface area (TPSA) is 73.9 Å². The molecule has 0 unspecified atom stereocenters. The lowest BCUT2D eigenvalue weighted by atomic mass is 10.2. The van der Waals surface area contributed by atoms with E-state index in [9.17, 15) is 0 Å². The molecule has 6 heteroatoms. The number of rotatable bonds is 3. The van der Waals surface area contributed by atoms with E-state index in [0.717, 1.165) is 16.6 Å². The molecule has 0 saturated carbocycles. The number of ether oxygens (including phenoxy) is 1. The van der Waals surface area contributed by atoms with Crippen LogP contribution < -0.4 is 10.5 Å². The number of para-hydroxylation sites is 1. The Morgan fingerprint density at radius 3 is 2.76 bits per heavy atom. The van der Waals surface area contributed by atoms with Gasteiger partial charge in [-0.2, -0.15) is 4.98 Å². The van der Waals surface area contributed by atoms with Crippen LogP contribution in [0.4, 0.5) is 5.82 Å². The Kier molecular flexibility index (Phi) is 3.62. The average molecular weight is 298 g/mol. The van der Waals surface area contributed by atoms with E-state index in [1.54, 1.807) is 6.07 Å². The highest BCUT2D eigenvalue weighted by Gasteiger charge is 2.08. The molecule has 0 radical (unpaired) electrons. The summed E-state index contributed by atoms with van der Waals surface area (Å²) in [6.45, 7) is 1.95. The second-order valence-corrected chi connectivity index (χ2v) is 5.27. The number of aromatic nitrogens is 3. The van der Waals surface area contributed by atoms with Crippen LogP contribution in [-0.2, 0) is 0 Å². The first kappa shape index (κ1) is 13.6. The minimum absolute atomic E-state index is 0.383. The van der Waals surface area contributed by atoms with E-state index in [-0.39, 0.29) is 0 Å². The number of fused-ring (bicyclic) bond motifs is 1. The van der Waals surface area contributed by atoms with Gasteiger partial charge in [-0.15, -0.1) is 0 Å². The first-order chi connectivity index (χ1) is 10.2. The van der Waals surface area contributed by atoms with Crippen molar-refractivity contribution in [1.82, 2.24) is 15.0 Å². The molecule has 3 rings (SSSR count). The van der Waals surface area contributed by atoms with Gasteiger partial charge in [-0.1, -0.05) is 30.0 Å². The first-order valence-electron chi connectivity index (χ1n) is 6.38. The number of benzene rings is 1. The highest BCUT2D eigenvalue weighted by Crippen LogP contribution is 2.29. The summed E-state index contributed by atoms with van der Waals surface area (Å²) in [6, 6.07) is 11.4. The largest absolute Gasteiger partial charge is 0.437 e. The van der Waals surface area contributed by atoms with Crippen LogP contribution in [0.1, 0.15) is 5.69 Å². The monoisotopic (exact) mass is 298 g/mol. The highest BCUT2D eigenvalue weighted by atomic mass is 32.2. The van der Waals surface area contributed by atoms with E-state index in [4.69, 9.17) is 10.5 Å². The number of nitrogen functional groups attached to an aromatic ring is 1. The number of thioether (sulfide) groups is 1. The molecule has 1 aromatic carbocycles. The smallest absolute Gasteiger partial charge is 0.225 e. The molecule has 106 valence electrons. The van der Waals surface area contributed by atoms with Gasteiger partial charge in [0.2, 0.25) is 5.88 Å². The number of hydrogen-bond donors (Lipinski definition) is 1. The third-order valence-corrected chi connectivity index (χ3v) is 3.47. The van der Waals surface area contributed by atoms with Gasteiger partial charge in [-0.05, 0) is 25.3 Å². The van der Waals surface area contributed by atoms with Gasteiger partial charge in [0, 0.05) is 17.1 Å². The van der Waals surface area contributed by atoms with Crippen LogP contribution in [-0.4, -0.2) is 21.2 Å². The standard InChI is InChI=1S/C15H14N4OS/c1-9-6-7-10-4-3-5-11(14(10)17-9)20-13-8-12(16)18-15(19-13)21-2/h3-8H,1-2H3,(H2,16,18,19). The molecule has 0 aliphatic carbocycles. The van der Waals surface area contributed by atoms with Crippen LogP contribution in [0.3, 0.4) is 0 Å². The first-order valence-corrected chi connectivity index (χ1v) is 7.61. The van der Waals surface area contributed by atoms with Gasteiger partial charge in [0.1, 0.15) is 11.3 Å². The van der Waals surface area contributed by atoms with Crippen LogP contribution in [0.25, 0.3) is 10.9 Å². The maximum Gasteiger partial charge on any atom is 0.225 e. The van der Waals surface area contributed by atoms with Crippen LogP contribution in [0.15, 0.2) is 41.6 Å². The zero-order chi connectivity index (χ0) is 14.8. The third-order valence-electron chi connectivity index (χ3n) is 2.92. The van der Waals surface area contributed by atoms with Crippen molar-refractivity contribution in [3.63, 3.8) is 0 Å². The molecule has 0 fully saturated rings. The lowest BCUT2D eigenvalue weighted by Crippen LogP contribution is -1.98. The molecule has 0 amide bonds. The summed E-state index contributed by atoms with van der Waals surface area (Å²) in [6.07, 6.45) is 1.89. The van der Waals surface area contributed by atoms with E-state index < -0.39 is 0 Å². The van der Waals surface area contributed by atoms with Gasteiger partial charge in [0.25, 0.3) is 0 Å². The van der Waals surface area contributed by atoms with Crippen molar-refractivity contribution >= 4 is 28.5 Å². The molecule has 0 bridgehead atoms. The summed E-state index contributed by atoms with van der Waals surface area (Å²) >= 11 is 1.42. The normalized spacial score (nSPS) is 10.8. The molecule has 0 saturated heterocycles. The zero-order valence-electron chi connectivity index (χ0n) is 11.7. The predicted octanol–water partition coefficient (Wildman–Crippen LogP) is 3.43. The molecule has 3 aromatic rings. The molecule has 0 aliphatic rings. The minimum Gasteiger partial charge on any atom is -0.437 e. The molecule has 2 N–H and O–H groups in total. The fraction of sp³-hybridized carbons (Fsp3) is 0.133. The molecule has 2 heterocycles. The molecular formula is C15H14N4OS. The Bertz CT molecular complexity index is 807. The fourth-order valence-electron chi connectivity index (χ4n) is 1.98. The van der Waals surface area contributed by atoms with Crippen LogP contribution in [0.2, 0.25) is 0 Å². The molecule has 0 atom stereocenters. The maximum absolute atomic E-state index is 5.86. The van der Waals surface area contributed by atoms with Crippen LogP contribution >= 0.6 is 11.8 Å². The summed E-state index contributed by atoms with van der Waals surface area (Å²) in [5.74, 6) is 1.46. The van der Waals surface area contributed by atoms with Crippen molar-refractivity contribution in [2.45, 2.75) is 12.1 Å². The van der Waals surface area contributed by atoms with E-state index in [0.29, 0.717) is 22.6 Å². The predicted molar refractivity (Wildman–Crippen MR) is 84.8 cm³/mol.